The summed E-state index contributed by atoms with van der Waals surface area (Å²) in [5.74, 6) is 0.241. The van der Waals surface area contributed by atoms with Crippen LogP contribution in [0.2, 0.25) is 0 Å². The highest BCUT2D eigenvalue weighted by atomic mass is 16.3. The Morgan fingerprint density at radius 3 is 0.696 bits per heavy atom. The molecule has 0 fully saturated rings. The van der Waals surface area contributed by atoms with Gasteiger partial charge in [0.1, 0.15) is 5.75 Å². The summed E-state index contributed by atoms with van der Waals surface area (Å²) in [6.07, 6.45) is 0. The number of aromatic hydroxyl groups is 1. The van der Waals surface area contributed by atoms with Crippen LogP contribution in [0.3, 0.4) is 0 Å². The van der Waals surface area contributed by atoms with E-state index in [4.69, 9.17) is 0 Å². The maximum atomic E-state index is 11.4. The van der Waals surface area contributed by atoms with Gasteiger partial charge in [-0.1, -0.05) is 165 Å². The Balaban J connectivity index is 1.38. The highest BCUT2D eigenvalue weighted by molar-refractivity contribution is 5.86. The molecule has 0 unspecified atom stereocenters. The molecule has 0 aliphatic rings. The second-order valence-electron chi connectivity index (χ2n) is 18.7. The quantitative estimate of drug-likeness (QED) is 0.180. The molecule has 0 aliphatic carbocycles. The van der Waals surface area contributed by atoms with Crippen molar-refractivity contribution >= 4 is 0 Å². The standard InChI is InChI=1S/C55H56O/c1-36-11-13-37(14-12-36)41-27-42(38-15-21-49(22-16-38)53(2,3)4)30-45(29-41)47-33-48(35-52(56)34-47)46-31-43(39-17-23-50(24-18-39)54(5,6)7)28-44(32-46)40-19-25-51(26-20-40)55(8,9)10/h11-35,56H,1-10H3. The van der Waals surface area contributed by atoms with Gasteiger partial charge in [0.25, 0.3) is 0 Å². The number of hydrogen-bond acceptors (Lipinski definition) is 1. The molecule has 7 rings (SSSR count). The zero-order valence-corrected chi connectivity index (χ0v) is 34.9. The minimum atomic E-state index is 0.0742. The van der Waals surface area contributed by atoms with Gasteiger partial charge in [0, 0.05) is 0 Å². The van der Waals surface area contributed by atoms with Gasteiger partial charge in [0.2, 0.25) is 0 Å². The van der Waals surface area contributed by atoms with Crippen molar-refractivity contribution < 1.29 is 5.11 Å². The molecule has 0 atom stereocenters. The number of aryl methyl sites for hydroxylation is 1. The number of phenols is 1. The Kier molecular flexibility index (Phi) is 10.2. The number of benzene rings is 7. The van der Waals surface area contributed by atoms with Crippen molar-refractivity contribution in [3.8, 4) is 72.5 Å². The summed E-state index contributed by atoms with van der Waals surface area (Å²) >= 11 is 0. The van der Waals surface area contributed by atoms with Gasteiger partial charge in [-0.15, -0.1) is 0 Å². The van der Waals surface area contributed by atoms with Crippen LogP contribution in [0.1, 0.15) is 84.6 Å². The van der Waals surface area contributed by atoms with E-state index in [1.54, 1.807) is 0 Å². The van der Waals surface area contributed by atoms with Crippen LogP contribution < -0.4 is 0 Å². The van der Waals surface area contributed by atoms with Crippen molar-refractivity contribution in [1.29, 1.82) is 0 Å². The highest BCUT2D eigenvalue weighted by Crippen LogP contribution is 2.40. The molecule has 0 aromatic heterocycles. The SMILES string of the molecule is Cc1ccc(-c2cc(-c3ccc(C(C)(C)C)cc3)cc(-c3cc(O)cc(-c4cc(-c5ccc(C(C)(C)C)cc5)cc(-c5ccc(C(C)(C)C)cc5)c4)c3)c2)cc1. The van der Waals surface area contributed by atoms with E-state index in [0.717, 1.165) is 50.1 Å². The monoisotopic (exact) mass is 732 g/mol. The van der Waals surface area contributed by atoms with Crippen LogP contribution in [0.4, 0.5) is 0 Å². The van der Waals surface area contributed by atoms with Crippen LogP contribution in [0.5, 0.6) is 5.75 Å². The third-order valence-electron chi connectivity index (χ3n) is 11.1. The van der Waals surface area contributed by atoms with Crippen molar-refractivity contribution in [2.45, 2.75) is 85.5 Å². The summed E-state index contributed by atoms with van der Waals surface area (Å²) in [6.45, 7) is 22.4. The molecule has 0 saturated carbocycles. The van der Waals surface area contributed by atoms with Crippen molar-refractivity contribution in [2.24, 2.45) is 0 Å². The van der Waals surface area contributed by atoms with E-state index in [9.17, 15) is 5.11 Å². The van der Waals surface area contributed by atoms with E-state index in [1.807, 2.05) is 12.1 Å². The average molecular weight is 733 g/mol. The van der Waals surface area contributed by atoms with Crippen LogP contribution in [0.25, 0.3) is 66.8 Å². The molecule has 1 N–H and O–H groups in total. The van der Waals surface area contributed by atoms with Crippen molar-refractivity contribution in [3.05, 3.63) is 174 Å². The molecular weight excluding hydrogens is 677 g/mol. The van der Waals surface area contributed by atoms with E-state index in [0.29, 0.717) is 0 Å². The Morgan fingerprint density at radius 2 is 0.464 bits per heavy atom. The molecule has 56 heavy (non-hydrogen) atoms. The third kappa shape index (κ3) is 8.58. The summed E-state index contributed by atoms with van der Waals surface area (Å²) in [5, 5.41) is 11.4. The first-order valence-electron chi connectivity index (χ1n) is 20.0. The van der Waals surface area contributed by atoms with Gasteiger partial charge in [-0.2, -0.15) is 0 Å². The second-order valence-corrected chi connectivity index (χ2v) is 18.7. The van der Waals surface area contributed by atoms with E-state index in [1.165, 1.54) is 38.9 Å². The molecule has 0 radical (unpaired) electrons. The number of phenolic OH excluding ortho intramolecular Hbond substituents is 1. The molecule has 282 valence electrons. The van der Waals surface area contributed by atoms with Crippen LogP contribution in [-0.2, 0) is 16.2 Å². The van der Waals surface area contributed by atoms with Gasteiger partial charge in [0.05, 0.1) is 0 Å². The highest BCUT2D eigenvalue weighted by Gasteiger charge is 2.18. The van der Waals surface area contributed by atoms with Crippen molar-refractivity contribution in [1.82, 2.24) is 0 Å². The minimum absolute atomic E-state index is 0.0742. The lowest BCUT2D eigenvalue weighted by Gasteiger charge is -2.20. The zero-order chi connectivity index (χ0) is 40.0. The predicted octanol–water partition coefficient (Wildman–Crippen LogP) is 15.6. The first kappa shape index (κ1) is 38.6. The number of hydrogen-bond donors (Lipinski definition) is 1. The van der Waals surface area contributed by atoms with Gasteiger partial charge < -0.3 is 5.11 Å². The molecule has 0 bridgehead atoms. The van der Waals surface area contributed by atoms with Gasteiger partial charge >= 0.3 is 0 Å². The molecule has 0 heterocycles. The van der Waals surface area contributed by atoms with E-state index >= 15 is 0 Å². The first-order valence-corrected chi connectivity index (χ1v) is 20.0. The third-order valence-corrected chi connectivity index (χ3v) is 11.1. The Hall–Kier alpha value is -5.66. The molecule has 0 saturated heterocycles. The molecule has 0 spiro atoms. The van der Waals surface area contributed by atoms with Crippen molar-refractivity contribution in [2.75, 3.05) is 0 Å². The molecule has 1 heteroatoms. The smallest absolute Gasteiger partial charge is 0.116 e. The normalized spacial score (nSPS) is 12.2. The fourth-order valence-electron chi connectivity index (χ4n) is 7.43. The average Bonchev–Trinajstić information content (AvgIpc) is 3.17. The van der Waals surface area contributed by atoms with E-state index < -0.39 is 0 Å². The van der Waals surface area contributed by atoms with Gasteiger partial charge in [0.15, 0.2) is 0 Å². The Labute approximate surface area is 335 Å². The molecular formula is C55H56O. The van der Waals surface area contributed by atoms with Crippen LogP contribution in [0, 0.1) is 6.92 Å². The summed E-state index contributed by atoms with van der Waals surface area (Å²) < 4.78 is 0. The summed E-state index contributed by atoms with van der Waals surface area (Å²) in [6, 6.07) is 55.3. The number of rotatable bonds is 6. The lowest BCUT2D eigenvalue weighted by molar-refractivity contribution is 0.476. The Morgan fingerprint density at radius 1 is 0.268 bits per heavy atom. The molecule has 0 amide bonds. The van der Waals surface area contributed by atoms with Gasteiger partial charge in [-0.05, 0) is 161 Å². The fourth-order valence-corrected chi connectivity index (χ4v) is 7.43. The lowest BCUT2D eigenvalue weighted by atomic mass is 9.85. The summed E-state index contributed by atoms with van der Waals surface area (Å²) in [5.41, 5.74) is 18.7. The maximum Gasteiger partial charge on any atom is 0.116 e. The summed E-state index contributed by atoms with van der Waals surface area (Å²) in [7, 11) is 0. The molecule has 7 aromatic rings. The second kappa shape index (κ2) is 14.8. The first-order chi connectivity index (χ1) is 26.4. The topological polar surface area (TPSA) is 20.2 Å². The predicted molar refractivity (Wildman–Crippen MR) is 242 cm³/mol. The molecule has 7 aromatic carbocycles. The van der Waals surface area contributed by atoms with E-state index in [-0.39, 0.29) is 22.0 Å². The van der Waals surface area contributed by atoms with Crippen LogP contribution >= 0.6 is 0 Å². The lowest BCUT2D eigenvalue weighted by Crippen LogP contribution is -2.10. The Bertz CT molecular complexity index is 2400. The largest absolute Gasteiger partial charge is 0.508 e. The maximum absolute atomic E-state index is 11.4. The van der Waals surface area contributed by atoms with Gasteiger partial charge in [-0.3, -0.25) is 0 Å². The van der Waals surface area contributed by atoms with Crippen LogP contribution in [0.15, 0.2) is 152 Å². The molecule has 1 nitrogen and oxygen atoms in total. The van der Waals surface area contributed by atoms with Crippen LogP contribution in [-0.4, -0.2) is 5.11 Å². The zero-order valence-electron chi connectivity index (χ0n) is 34.9. The fraction of sp³-hybridized carbons (Fsp3) is 0.236. The van der Waals surface area contributed by atoms with Crippen molar-refractivity contribution in [3.63, 3.8) is 0 Å². The molecule has 0 aliphatic heterocycles. The summed E-state index contributed by atoms with van der Waals surface area (Å²) in [4.78, 5) is 0. The van der Waals surface area contributed by atoms with E-state index in [2.05, 4.69) is 209 Å². The minimum Gasteiger partial charge on any atom is -0.508 e. The van der Waals surface area contributed by atoms with Gasteiger partial charge in [-0.25, -0.2) is 0 Å².